The monoisotopic (exact) mass is 428 g/mol. The molecule has 0 bridgehead atoms. The summed E-state index contributed by atoms with van der Waals surface area (Å²) in [6.07, 6.45) is 5.07. The summed E-state index contributed by atoms with van der Waals surface area (Å²) in [5, 5.41) is 5.58. The summed E-state index contributed by atoms with van der Waals surface area (Å²) in [5.74, 6) is 1.80. The third-order valence-electron chi connectivity index (χ3n) is 6.77. The van der Waals surface area contributed by atoms with E-state index in [0.717, 1.165) is 43.6 Å². The molecule has 0 aromatic heterocycles. The number of amides is 1. The maximum atomic E-state index is 12.3. The molecule has 4 nitrogen and oxygen atoms in total. The Hall–Kier alpha value is -2.85. The molecule has 0 spiro atoms. The largest absolute Gasteiger partial charge is 0.493 e. The molecule has 1 unspecified atom stereocenters. The third-order valence-corrected chi connectivity index (χ3v) is 6.77. The van der Waals surface area contributed by atoms with Gasteiger partial charge in [0.2, 0.25) is 5.91 Å². The first-order valence-corrected chi connectivity index (χ1v) is 11.9. The van der Waals surface area contributed by atoms with Crippen molar-refractivity contribution in [2.24, 2.45) is 5.92 Å². The normalized spacial score (nSPS) is 18.3. The van der Waals surface area contributed by atoms with Crippen molar-refractivity contribution in [3.63, 3.8) is 0 Å². The van der Waals surface area contributed by atoms with Gasteiger partial charge in [-0.15, -0.1) is 0 Å². The number of ether oxygens (including phenoxy) is 1. The number of nitrogens with one attached hydrogen (secondary N) is 1. The first-order valence-electron chi connectivity index (χ1n) is 11.9. The number of carbonyl (C=O) groups is 1. The number of nitrogens with zero attached hydrogens (tertiary/aromatic N) is 1. The van der Waals surface area contributed by atoms with Crippen LogP contribution in [0.15, 0.2) is 66.7 Å². The summed E-state index contributed by atoms with van der Waals surface area (Å²) in [5.41, 5.74) is 2.82. The van der Waals surface area contributed by atoms with Gasteiger partial charge in [0, 0.05) is 37.5 Å². The molecule has 0 radical (unpaired) electrons. The van der Waals surface area contributed by atoms with Crippen LogP contribution in [0.5, 0.6) is 5.75 Å². The highest BCUT2D eigenvalue weighted by molar-refractivity contribution is 5.88. The topological polar surface area (TPSA) is 41.6 Å². The Bertz CT molecular complexity index is 1070. The van der Waals surface area contributed by atoms with Crippen LogP contribution in [-0.2, 0) is 17.8 Å². The summed E-state index contributed by atoms with van der Waals surface area (Å²) in [7, 11) is 0. The molecule has 1 atom stereocenters. The minimum Gasteiger partial charge on any atom is -0.493 e. The molecule has 0 saturated heterocycles. The molecule has 166 valence electrons. The fourth-order valence-electron chi connectivity index (χ4n) is 4.76. The standard InChI is InChI=1S/C28H32N2O2/c31-28(17-21-13-14-21)29-19-25-18-23-8-1-2-9-24(23)20-30(25)15-6-16-32-27-12-5-10-22-7-3-4-11-26(22)27/h1-5,7-12,21,25H,6,13-20H2,(H,29,31). The summed E-state index contributed by atoms with van der Waals surface area (Å²) in [6.45, 7) is 3.31. The summed E-state index contributed by atoms with van der Waals surface area (Å²) in [4.78, 5) is 14.8. The summed E-state index contributed by atoms with van der Waals surface area (Å²) >= 11 is 0. The third kappa shape index (κ3) is 5.13. The molecule has 1 N–H and O–H groups in total. The van der Waals surface area contributed by atoms with E-state index in [4.69, 9.17) is 4.74 Å². The molecule has 1 saturated carbocycles. The van der Waals surface area contributed by atoms with Gasteiger partial charge in [-0.1, -0.05) is 60.7 Å². The van der Waals surface area contributed by atoms with E-state index in [0.29, 0.717) is 25.0 Å². The number of carbonyl (C=O) groups excluding carboxylic acids is 1. The van der Waals surface area contributed by atoms with Crippen LogP contribution in [0.2, 0.25) is 0 Å². The predicted molar refractivity (Wildman–Crippen MR) is 129 cm³/mol. The molecular formula is C28H32N2O2. The lowest BCUT2D eigenvalue weighted by atomic mass is 9.93. The van der Waals surface area contributed by atoms with E-state index in [1.807, 2.05) is 0 Å². The van der Waals surface area contributed by atoms with Crippen molar-refractivity contribution in [1.82, 2.24) is 10.2 Å². The Labute approximate surface area is 190 Å². The first kappa shape index (κ1) is 21.0. The summed E-state index contributed by atoms with van der Waals surface area (Å²) < 4.78 is 6.17. The zero-order valence-corrected chi connectivity index (χ0v) is 18.6. The number of hydrogen-bond acceptors (Lipinski definition) is 3. The average molecular weight is 429 g/mol. The van der Waals surface area contributed by atoms with Gasteiger partial charge in [-0.3, -0.25) is 9.69 Å². The highest BCUT2D eigenvalue weighted by atomic mass is 16.5. The van der Waals surface area contributed by atoms with Gasteiger partial charge in [0.15, 0.2) is 0 Å². The lowest BCUT2D eigenvalue weighted by Crippen LogP contribution is -2.48. The predicted octanol–water partition coefficient (Wildman–Crippen LogP) is 4.95. The molecule has 5 rings (SSSR count). The van der Waals surface area contributed by atoms with Crippen molar-refractivity contribution < 1.29 is 9.53 Å². The number of fused-ring (bicyclic) bond motifs is 2. The molecule has 4 heteroatoms. The van der Waals surface area contributed by atoms with E-state index >= 15 is 0 Å². The molecular weight excluding hydrogens is 396 g/mol. The van der Waals surface area contributed by atoms with E-state index in [1.165, 1.54) is 29.4 Å². The van der Waals surface area contributed by atoms with E-state index in [-0.39, 0.29) is 5.91 Å². The van der Waals surface area contributed by atoms with Gasteiger partial charge in [0.25, 0.3) is 0 Å². The zero-order valence-electron chi connectivity index (χ0n) is 18.6. The van der Waals surface area contributed by atoms with Crippen molar-refractivity contribution >= 4 is 16.7 Å². The van der Waals surface area contributed by atoms with Crippen LogP contribution in [0.25, 0.3) is 10.8 Å². The first-order chi connectivity index (χ1) is 15.8. The maximum absolute atomic E-state index is 12.3. The van der Waals surface area contributed by atoms with Gasteiger partial charge in [-0.05, 0) is 54.2 Å². The molecule has 3 aromatic carbocycles. The van der Waals surface area contributed by atoms with Crippen molar-refractivity contribution in [2.75, 3.05) is 19.7 Å². The van der Waals surface area contributed by atoms with Gasteiger partial charge in [0.05, 0.1) is 6.61 Å². The van der Waals surface area contributed by atoms with E-state index < -0.39 is 0 Å². The molecule has 32 heavy (non-hydrogen) atoms. The van der Waals surface area contributed by atoms with Gasteiger partial charge in [-0.25, -0.2) is 0 Å². The van der Waals surface area contributed by atoms with Gasteiger partial charge >= 0.3 is 0 Å². The number of rotatable bonds is 9. The molecule has 1 aliphatic carbocycles. The second-order valence-corrected chi connectivity index (χ2v) is 9.23. The van der Waals surface area contributed by atoms with Crippen LogP contribution >= 0.6 is 0 Å². The fraction of sp³-hybridized carbons (Fsp3) is 0.393. The molecule has 1 aliphatic heterocycles. The summed E-state index contributed by atoms with van der Waals surface area (Å²) in [6, 6.07) is 23.6. The van der Waals surface area contributed by atoms with Crippen LogP contribution in [0.4, 0.5) is 0 Å². The van der Waals surface area contributed by atoms with Gasteiger partial charge in [-0.2, -0.15) is 0 Å². The van der Waals surface area contributed by atoms with Crippen molar-refractivity contribution in [1.29, 1.82) is 0 Å². The van der Waals surface area contributed by atoms with E-state index in [9.17, 15) is 4.79 Å². The SMILES string of the molecule is O=C(CC1CC1)NCC1Cc2ccccc2CN1CCCOc1cccc2ccccc12. The minimum atomic E-state index is 0.214. The highest BCUT2D eigenvalue weighted by Gasteiger charge is 2.28. The molecule has 1 fully saturated rings. The van der Waals surface area contributed by atoms with Crippen LogP contribution in [0.3, 0.4) is 0 Å². The molecule has 3 aromatic rings. The van der Waals surface area contributed by atoms with Crippen molar-refractivity contribution in [3.8, 4) is 5.75 Å². The molecule has 2 aliphatic rings. The van der Waals surface area contributed by atoms with Gasteiger partial charge < -0.3 is 10.1 Å². The number of hydrogen-bond donors (Lipinski definition) is 1. The van der Waals surface area contributed by atoms with Crippen LogP contribution in [0.1, 0.15) is 36.8 Å². The Morgan fingerprint density at radius 1 is 0.969 bits per heavy atom. The quantitative estimate of drug-likeness (QED) is 0.490. The zero-order chi connectivity index (χ0) is 21.8. The average Bonchev–Trinajstić information content (AvgIpc) is 3.64. The smallest absolute Gasteiger partial charge is 0.220 e. The van der Waals surface area contributed by atoms with E-state index in [1.54, 1.807) is 0 Å². The van der Waals surface area contributed by atoms with Crippen LogP contribution in [-0.4, -0.2) is 36.5 Å². The lowest BCUT2D eigenvalue weighted by molar-refractivity contribution is -0.121. The Kier molecular flexibility index (Phi) is 6.40. The Morgan fingerprint density at radius 2 is 1.75 bits per heavy atom. The van der Waals surface area contributed by atoms with Gasteiger partial charge in [0.1, 0.15) is 5.75 Å². The maximum Gasteiger partial charge on any atom is 0.220 e. The Morgan fingerprint density at radius 3 is 2.62 bits per heavy atom. The van der Waals surface area contributed by atoms with Crippen LogP contribution in [0, 0.1) is 5.92 Å². The lowest BCUT2D eigenvalue weighted by Gasteiger charge is -2.37. The Balaban J connectivity index is 1.18. The van der Waals surface area contributed by atoms with Crippen molar-refractivity contribution in [2.45, 2.75) is 44.7 Å². The second kappa shape index (κ2) is 9.74. The number of benzene rings is 3. The minimum absolute atomic E-state index is 0.214. The highest BCUT2D eigenvalue weighted by Crippen LogP contribution is 2.32. The fourth-order valence-corrected chi connectivity index (χ4v) is 4.76. The second-order valence-electron chi connectivity index (χ2n) is 9.23. The molecule has 1 heterocycles. The van der Waals surface area contributed by atoms with E-state index in [2.05, 4.69) is 76.9 Å². The van der Waals surface area contributed by atoms with Crippen molar-refractivity contribution in [3.05, 3.63) is 77.9 Å². The molecule has 1 amide bonds. The van der Waals surface area contributed by atoms with Crippen LogP contribution < -0.4 is 10.1 Å².